The molecule has 0 fully saturated rings. The van der Waals surface area contributed by atoms with Crippen molar-refractivity contribution in [3.05, 3.63) is 35.4 Å². The molecule has 0 aliphatic heterocycles. The van der Waals surface area contributed by atoms with Crippen molar-refractivity contribution < 1.29 is 0 Å². The Bertz CT molecular complexity index is 345. The molecule has 17 heavy (non-hydrogen) atoms. The number of nitrogens with two attached hydrogens (primary N) is 1. The van der Waals surface area contributed by atoms with Crippen molar-refractivity contribution >= 4 is 0 Å². The Morgan fingerprint density at radius 2 is 1.82 bits per heavy atom. The number of benzene rings is 1. The van der Waals surface area contributed by atoms with Gasteiger partial charge in [-0.1, -0.05) is 36.8 Å². The van der Waals surface area contributed by atoms with E-state index in [9.17, 15) is 0 Å². The molecule has 0 saturated heterocycles. The second kappa shape index (κ2) is 5.63. The van der Waals surface area contributed by atoms with Crippen molar-refractivity contribution in [2.75, 3.05) is 14.1 Å². The number of nitrogens with one attached hydrogen (secondary N) is 1. The van der Waals surface area contributed by atoms with Gasteiger partial charge in [-0.05, 0) is 39.9 Å². The van der Waals surface area contributed by atoms with Crippen LogP contribution in [0.3, 0.4) is 0 Å². The van der Waals surface area contributed by atoms with E-state index in [2.05, 4.69) is 69.5 Å². The van der Waals surface area contributed by atoms with Crippen LogP contribution in [0.2, 0.25) is 0 Å². The zero-order valence-corrected chi connectivity index (χ0v) is 11.6. The van der Waals surface area contributed by atoms with E-state index in [-0.39, 0.29) is 11.6 Å². The highest BCUT2D eigenvalue weighted by Gasteiger charge is 2.35. The van der Waals surface area contributed by atoms with Gasteiger partial charge in [0, 0.05) is 5.54 Å². The molecule has 1 rings (SSSR count). The fraction of sp³-hybridized carbons (Fsp3) is 0.571. The highest BCUT2D eigenvalue weighted by Crippen LogP contribution is 2.32. The van der Waals surface area contributed by atoms with Crippen molar-refractivity contribution in [2.24, 2.45) is 5.84 Å². The van der Waals surface area contributed by atoms with Gasteiger partial charge >= 0.3 is 0 Å². The van der Waals surface area contributed by atoms with Crippen molar-refractivity contribution in [1.29, 1.82) is 0 Å². The summed E-state index contributed by atoms with van der Waals surface area (Å²) in [5.74, 6) is 5.77. The summed E-state index contributed by atoms with van der Waals surface area (Å²) in [7, 11) is 4.20. The van der Waals surface area contributed by atoms with Gasteiger partial charge in [0.05, 0.1) is 6.04 Å². The van der Waals surface area contributed by atoms with Crippen molar-refractivity contribution in [1.82, 2.24) is 10.3 Å². The number of likely N-dealkylation sites (N-methyl/N-ethyl adjacent to an activating group) is 1. The summed E-state index contributed by atoms with van der Waals surface area (Å²) in [5, 5.41) is 0. The Kier molecular flexibility index (Phi) is 4.69. The summed E-state index contributed by atoms with van der Waals surface area (Å²) in [6, 6.07) is 8.69. The Morgan fingerprint density at radius 1 is 1.29 bits per heavy atom. The van der Waals surface area contributed by atoms with Gasteiger partial charge in [-0.25, -0.2) is 0 Å². The van der Waals surface area contributed by atoms with Gasteiger partial charge in [-0.2, -0.15) is 0 Å². The van der Waals surface area contributed by atoms with Crippen LogP contribution in [0, 0.1) is 6.92 Å². The minimum absolute atomic E-state index is 0.00398. The Hall–Kier alpha value is -0.900. The fourth-order valence-electron chi connectivity index (χ4n) is 2.17. The van der Waals surface area contributed by atoms with Crippen LogP contribution in [0.1, 0.15) is 37.4 Å². The third-order valence-corrected chi connectivity index (χ3v) is 3.94. The first kappa shape index (κ1) is 14.2. The molecule has 0 heterocycles. The summed E-state index contributed by atoms with van der Waals surface area (Å²) >= 11 is 0. The number of nitrogens with zero attached hydrogens (tertiary/aromatic N) is 1. The largest absolute Gasteiger partial charge is 0.302 e. The molecule has 0 saturated carbocycles. The van der Waals surface area contributed by atoms with Crippen LogP contribution in [-0.4, -0.2) is 24.5 Å². The summed E-state index contributed by atoms with van der Waals surface area (Å²) in [5.41, 5.74) is 5.48. The lowest BCUT2D eigenvalue weighted by molar-refractivity contribution is 0.113. The van der Waals surface area contributed by atoms with Gasteiger partial charge in [-0.15, -0.1) is 0 Å². The number of hydrogen-bond donors (Lipinski definition) is 2. The molecule has 0 aromatic heterocycles. The van der Waals surface area contributed by atoms with Crippen LogP contribution < -0.4 is 11.3 Å². The second-order valence-electron chi connectivity index (χ2n) is 5.12. The molecule has 0 bridgehead atoms. The quantitative estimate of drug-likeness (QED) is 0.607. The first-order chi connectivity index (χ1) is 7.95. The van der Waals surface area contributed by atoms with E-state index >= 15 is 0 Å². The van der Waals surface area contributed by atoms with Crippen LogP contribution in [0.5, 0.6) is 0 Å². The first-order valence-electron chi connectivity index (χ1n) is 6.15. The van der Waals surface area contributed by atoms with E-state index in [1.54, 1.807) is 0 Å². The number of hydrogen-bond acceptors (Lipinski definition) is 3. The summed E-state index contributed by atoms with van der Waals surface area (Å²) < 4.78 is 0. The molecule has 3 heteroatoms. The highest BCUT2D eigenvalue weighted by atomic mass is 15.3. The molecule has 0 spiro atoms. The monoisotopic (exact) mass is 235 g/mol. The molecule has 1 aromatic rings. The third kappa shape index (κ3) is 2.86. The maximum atomic E-state index is 5.77. The summed E-state index contributed by atoms with van der Waals surface area (Å²) in [6.07, 6.45) is 1.03. The van der Waals surface area contributed by atoms with E-state index in [1.807, 2.05) is 0 Å². The lowest BCUT2D eigenvalue weighted by atomic mass is 9.83. The third-order valence-electron chi connectivity index (χ3n) is 3.94. The van der Waals surface area contributed by atoms with Crippen LogP contribution in [-0.2, 0) is 0 Å². The zero-order chi connectivity index (χ0) is 13.1. The number of rotatable bonds is 5. The van der Waals surface area contributed by atoms with Crippen molar-refractivity contribution in [3.8, 4) is 0 Å². The predicted octanol–water partition coefficient (Wildman–Crippen LogP) is 2.23. The highest BCUT2D eigenvalue weighted by molar-refractivity contribution is 5.26. The minimum Gasteiger partial charge on any atom is -0.302 e. The zero-order valence-electron chi connectivity index (χ0n) is 11.6. The number of hydrazine groups is 1. The van der Waals surface area contributed by atoms with Crippen LogP contribution in [0.15, 0.2) is 24.3 Å². The van der Waals surface area contributed by atoms with E-state index in [0.29, 0.717) is 0 Å². The standard InChI is InChI=1S/C14H25N3/c1-6-14(3,17(4)5)13(16-15)12-9-7-11(2)8-10-12/h7-10,13,16H,6,15H2,1-5H3. The van der Waals surface area contributed by atoms with Crippen LogP contribution in [0.25, 0.3) is 0 Å². The Labute approximate surface area is 105 Å². The van der Waals surface area contributed by atoms with Crippen molar-refractivity contribution in [2.45, 2.75) is 38.8 Å². The molecule has 3 nitrogen and oxygen atoms in total. The summed E-state index contributed by atoms with van der Waals surface area (Å²) in [4.78, 5) is 2.23. The lowest BCUT2D eigenvalue weighted by Gasteiger charge is -2.42. The maximum absolute atomic E-state index is 5.77. The Morgan fingerprint density at radius 3 is 2.18 bits per heavy atom. The van der Waals surface area contributed by atoms with Crippen LogP contribution >= 0.6 is 0 Å². The van der Waals surface area contributed by atoms with Gasteiger partial charge in [0.2, 0.25) is 0 Å². The smallest absolute Gasteiger partial charge is 0.0640 e. The van der Waals surface area contributed by atoms with Crippen molar-refractivity contribution in [3.63, 3.8) is 0 Å². The lowest BCUT2D eigenvalue weighted by Crippen LogP contribution is -2.52. The van der Waals surface area contributed by atoms with E-state index < -0.39 is 0 Å². The van der Waals surface area contributed by atoms with Gasteiger partial charge in [0.25, 0.3) is 0 Å². The van der Waals surface area contributed by atoms with Crippen LogP contribution in [0.4, 0.5) is 0 Å². The minimum atomic E-state index is 0.00398. The maximum Gasteiger partial charge on any atom is 0.0640 e. The average molecular weight is 235 g/mol. The van der Waals surface area contributed by atoms with E-state index in [0.717, 1.165) is 6.42 Å². The van der Waals surface area contributed by atoms with E-state index in [4.69, 9.17) is 5.84 Å². The SMILES string of the molecule is CCC(C)(C(NN)c1ccc(C)cc1)N(C)C. The van der Waals surface area contributed by atoms with Gasteiger partial charge < -0.3 is 4.90 Å². The molecule has 0 amide bonds. The fourth-order valence-corrected chi connectivity index (χ4v) is 2.17. The number of aryl methyl sites for hydroxylation is 1. The molecule has 0 aliphatic rings. The molecular formula is C14H25N3. The summed E-state index contributed by atoms with van der Waals surface area (Å²) in [6.45, 7) is 6.52. The van der Waals surface area contributed by atoms with Gasteiger partial charge in [0.15, 0.2) is 0 Å². The molecule has 0 aliphatic carbocycles. The first-order valence-corrected chi connectivity index (χ1v) is 6.15. The second-order valence-corrected chi connectivity index (χ2v) is 5.12. The molecule has 96 valence electrons. The van der Waals surface area contributed by atoms with E-state index in [1.165, 1.54) is 11.1 Å². The molecule has 1 aromatic carbocycles. The molecule has 2 unspecified atom stereocenters. The average Bonchev–Trinajstić information content (AvgIpc) is 2.31. The molecule has 0 radical (unpaired) electrons. The Balaban J connectivity index is 3.09. The normalized spacial score (nSPS) is 16.9. The predicted molar refractivity (Wildman–Crippen MR) is 73.6 cm³/mol. The molecule has 2 atom stereocenters. The topological polar surface area (TPSA) is 41.3 Å². The van der Waals surface area contributed by atoms with Gasteiger partial charge in [0.1, 0.15) is 0 Å². The molecular weight excluding hydrogens is 210 g/mol. The van der Waals surface area contributed by atoms with Gasteiger partial charge in [-0.3, -0.25) is 11.3 Å². The molecule has 3 N–H and O–H groups in total.